The van der Waals surface area contributed by atoms with Gasteiger partial charge in [0.1, 0.15) is 0 Å². The fourth-order valence-electron chi connectivity index (χ4n) is 15.4. The molecular weight excluding hydrogens is 1070 g/mol. The number of anilines is 8. The molecule has 0 saturated heterocycles. The first-order chi connectivity index (χ1) is 41.0. The molecule has 3 heterocycles. The van der Waals surface area contributed by atoms with E-state index in [1.54, 1.807) is 0 Å². The van der Waals surface area contributed by atoms with Crippen LogP contribution in [0.25, 0.3) is 43.1 Å². The van der Waals surface area contributed by atoms with E-state index in [1.165, 1.54) is 121 Å². The Kier molecular flexibility index (Phi) is 12.9. The van der Waals surface area contributed by atoms with Crippen molar-refractivity contribution < 1.29 is 0 Å². The quantitative estimate of drug-likeness (QED) is 0.154. The van der Waals surface area contributed by atoms with Crippen molar-refractivity contribution in [2.45, 2.75) is 181 Å². The molecule has 5 heteroatoms. The molecule has 0 N–H and O–H groups in total. The van der Waals surface area contributed by atoms with E-state index in [1.807, 2.05) is 11.3 Å². The molecular formula is C82H88BN3S. The summed E-state index contributed by atoms with van der Waals surface area (Å²) < 4.78 is 2.74. The Morgan fingerprint density at radius 2 is 0.954 bits per heavy atom. The highest BCUT2D eigenvalue weighted by Crippen LogP contribution is 2.57. The van der Waals surface area contributed by atoms with Crippen molar-refractivity contribution in [1.29, 1.82) is 0 Å². The lowest BCUT2D eigenvalue weighted by molar-refractivity contribution is 0.332. The van der Waals surface area contributed by atoms with E-state index in [9.17, 15) is 0 Å². The van der Waals surface area contributed by atoms with Crippen LogP contribution < -0.4 is 24.9 Å². The van der Waals surface area contributed by atoms with Gasteiger partial charge in [0.15, 0.2) is 0 Å². The van der Waals surface area contributed by atoms with Gasteiger partial charge in [-0.15, -0.1) is 11.3 Å². The topological polar surface area (TPSA) is 9.72 Å². The van der Waals surface area contributed by atoms with E-state index >= 15 is 0 Å². The molecule has 0 spiro atoms. The zero-order valence-corrected chi connectivity index (χ0v) is 55.7. The minimum atomic E-state index is -0.179. The van der Waals surface area contributed by atoms with Gasteiger partial charge in [-0.1, -0.05) is 215 Å². The molecule has 0 fully saturated rings. The second-order valence-electron chi connectivity index (χ2n) is 32.0. The van der Waals surface area contributed by atoms with Crippen LogP contribution >= 0.6 is 11.3 Å². The summed E-state index contributed by atoms with van der Waals surface area (Å²) in [5.41, 5.74) is 26.0. The summed E-state index contributed by atoms with van der Waals surface area (Å²) >= 11 is 2.04. The predicted octanol–water partition coefficient (Wildman–Crippen LogP) is 22.5. The van der Waals surface area contributed by atoms with E-state index < -0.39 is 0 Å². The standard InChI is InChI=1S/C82H88BN3S/c1-76(2,3)53-27-32-56(33-28-53)84(57-34-29-54(30-35-57)77(4,5)6)58-36-38-61-69(48-58)86(59-37-39-64-65(47-59)80(12,13)42-41-79(64,10)11)83-73-70(45-52-25-21-22-26-60(52)72(61)73)85(68-40-31-55(78(7,8)9)46-62(68)51-23-19-18-20-24-51)74-63-49-66-67(50-71(63)87-75(74)83)82(16,17)44-43-81(66,14)15/h18-40,45-50H,41-44H2,1-17H3. The van der Waals surface area contributed by atoms with Crippen LogP contribution in [0, 0.1) is 0 Å². The second kappa shape index (κ2) is 19.6. The van der Waals surface area contributed by atoms with Crippen LogP contribution in [0.1, 0.15) is 182 Å². The van der Waals surface area contributed by atoms with E-state index in [0.29, 0.717) is 0 Å². The first kappa shape index (κ1) is 57.4. The van der Waals surface area contributed by atoms with Gasteiger partial charge >= 0.3 is 6.85 Å². The van der Waals surface area contributed by atoms with Crippen molar-refractivity contribution in [3.05, 3.63) is 215 Å². The Balaban J connectivity index is 1.13. The van der Waals surface area contributed by atoms with Crippen molar-refractivity contribution in [2.75, 3.05) is 14.6 Å². The van der Waals surface area contributed by atoms with Gasteiger partial charge in [-0.05, 0) is 209 Å². The molecule has 0 unspecified atom stereocenters. The fraction of sp³-hybridized carbons (Fsp3) is 0.341. The third-order valence-electron chi connectivity index (χ3n) is 21.0. The van der Waals surface area contributed by atoms with Crippen LogP contribution in [-0.2, 0) is 37.9 Å². The smallest absolute Gasteiger partial charge is 0.343 e. The van der Waals surface area contributed by atoms with Crippen molar-refractivity contribution >= 4 is 94.8 Å². The van der Waals surface area contributed by atoms with Gasteiger partial charge in [0.25, 0.3) is 0 Å². The van der Waals surface area contributed by atoms with E-state index in [0.717, 1.165) is 42.7 Å². The number of benzene rings is 9. The van der Waals surface area contributed by atoms with Crippen molar-refractivity contribution in [3.8, 4) is 22.3 Å². The van der Waals surface area contributed by atoms with Gasteiger partial charge in [0, 0.05) is 60.1 Å². The molecule has 1 aromatic heterocycles. The highest BCUT2D eigenvalue weighted by molar-refractivity contribution is 7.32. The molecule has 440 valence electrons. The van der Waals surface area contributed by atoms with Gasteiger partial charge in [-0.2, -0.15) is 0 Å². The molecule has 0 amide bonds. The van der Waals surface area contributed by atoms with Gasteiger partial charge in [0.2, 0.25) is 0 Å². The number of nitrogens with zero attached hydrogens (tertiary/aromatic N) is 3. The summed E-state index contributed by atoms with van der Waals surface area (Å²) in [5.74, 6) is 0. The highest BCUT2D eigenvalue weighted by Gasteiger charge is 2.50. The maximum Gasteiger partial charge on any atom is 0.343 e. The minimum Gasteiger partial charge on any atom is -0.376 e. The van der Waals surface area contributed by atoms with Gasteiger partial charge in [-0.3, -0.25) is 0 Å². The monoisotopic (exact) mass is 1160 g/mol. The second-order valence-corrected chi connectivity index (χ2v) is 33.1. The summed E-state index contributed by atoms with van der Waals surface area (Å²) in [6.07, 6.45) is 4.62. The van der Waals surface area contributed by atoms with Crippen LogP contribution in [0.2, 0.25) is 0 Å². The molecule has 0 radical (unpaired) electrons. The molecule has 10 aromatic rings. The van der Waals surface area contributed by atoms with Crippen LogP contribution in [0.5, 0.6) is 0 Å². The van der Waals surface area contributed by atoms with E-state index in [-0.39, 0.29) is 44.8 Å². The maximum atomic E-state index is 2.82. The molecule has 14 rings (SSSR count). The Morgan fingerprint density at radius 3 is 1.55 bits per heavy atom. The summed E-state index contributed by atoms with van der Waals surface area (Å²) in [7, 11) is 0. The molecule has 2 aliphatic heterocycles. The zero-order valence-electron chi connectivity index (χ0n) is 54.9. The SMILES string of the molecule is CC(C)(C)c1ccc(N(c2ccc(C(C)(C)C)cc2)c2ccc3c(c2)N(c2ccc4c(c2)C(C)(C)CCC4(C)C)B2c4sc5cc6c(cc5c4N(c4ccc(C(C)(C)C)cc4-c4ccccc4)c4cc5ccccc5c-3c42)C(C)(C)CCC6(C)C)cc1. The van der Waals surface area contributed by atoms with Crippen molar-refractivity contribution in [1.82, 2.24) is 0 Å². The maximum absolute atomic E-state index is 2.82. The van der Waals surface area contributed by atoms with Crippen LogP contribution in [0.4, 0.5) is 45.5 Å². The summed E-state index contributed by atoms with van der Waals surface area (Å²) in [6, 6.07) is 69.6. The average molecular weight is 1160 g/mol. The summed E-state index contributed by atoms with van der Waals surface area (Å²) in [6.45, 7) is 40.6. The third-order valence-corrected chi connectivity index (χ3v) is 22.2. The van der Waals surface area contributed by atoms with Crippen LogP contribution in [-0.4, -0.2) is 6.85 Å². The molecule has 2 aliphatic carbocycles. The van der Waals surface area contributed by atoms with Gasteiger partial charge in [0.05, 0.1) is 11.4 Å². The highest BCUT2D eigenvalue weighted by atomic mass is 32.1. The van der Waals surface area contributed by atoms with Gasteiger partial charge < -0.3 is 14.6 Å². The lowest BCUT2D eigenvalue weighted by Crippen LogP contribution is -2.60. The van der Waals surface area contributed by atoms with Crippen molar-refractivity contribution in [2.24, 2.45) is 0 Å². The Morgan fingerprint density at radius 1 is 0.425 bits per heavy atom. The number of hydrogen-bond acceptors (Lipinski definition) is 4. The normalized spacial score (nSPS) is 17.1. The molecule has 0 saturated carbocycles. The van der Waals surface area contributed by atoms with Crippen LogP contribution in [0.15, 0.2) is 176 Å². The lowest BCUT2D eigenvalue weighted by Gasteiger charge is -2.47. The Bertz CT molecular complexity index is 4340. The van der Waals surface area contributed by atoms with Crippen molar-refractivity contribution in [3.63, 3.8) is 0 Å². The minimum absolute atomic E-state index is 0.00625. The van der Waals surface area contributed by atoms with E-state index in [2.05, 4.69) is 308 Å². The number of fused-ring (bicyclic) bond motifs is 10. The fourth-order valence-corrected chi connectivity index (χ4v) is 16.7. The van der Waals surface area contributed by atoms with Gasteiger partial charge in [-0.25, -0.2) is 0 Å². The summed E-state index contributed by atoms with van der Waals surface area (Å²) in [4.78, 5) is 8.08. The Labute approximate surface area is 524 Å². The number of hydrogen-bond donors (Lipinski definition) is 0. The summed E-state index contributed by atoms with van der Waals surface area (Å²) in [5, 5.41) is 3.87. The predicted molar refractivity (Wildman–Crippen MR) is 380 cm³/mol. The zero-order chi connectivity index (χ0) is 61.3. The molecule has 3 nitrogen and oxygen atoms in total. The molecule has 0 atom stereocenters. The molecule has 87 heavy (non-hydrogen) atoms. The number of thiophene rings is 1. The number of rotatable bonds is 6. The molecule has 0 bridgehead atoms. The first-order valence-corrected chi connectivity index (χ1v) is 33.1. The largest absolute Gasteiger partial charge is 0.376 e. The van der Waals surface area contributed by atoms with Crippen LogP contribution in [0.3, 0.4) is 0 Å². The third kappa shape index (κ3) is 9.33. The average Bonchev–Trinajstić information content (AvgIpc) is 1.68. The lowest BCUT2D eigenvalue weighted by atomic mass is 9.46. The molecule has 4 aliphatic rings. The molecule has 9 aromatic carbocycles. The Hall–Kier alpha value is -7.34. The van der Waals surface area contributed by atoms with E-state index in [4.69, 9.17) is 0 Å². The first-order valence-electron chi connectivity index (χ1n) is 32.3.